The summed E-state index contributed by atoms with van der Waals surface area (Å²) in [6.07, 6.45) is 0.433. The molecule has 0 aliphatic rings. The van der Waals surface area contributed by atoms with Gasteiger partial charge in [-0.25, -0.2) is 4.98 Å². The summed E-state index contributed by atoms with van der Waals surface area (Å²) in [6.45, 7) is 0.0498. The Hall–Kier alpha value is -1.24. The van der Waals surface area contributed by atoms with Crippen LogP contribution < -0.4 is 4.74 Å². The summed E-state index contributed by atoms with van der Waals surface area (Å²) in [5.41, 5.74) is 0.640. The van der Waals surface area contributed by atoms with Crippen LogP contribution >= 0.6 is 11.6 Å². The SMILES string of the molecule is COc1ccc(C#CCCO)c(Cl)n1. The number of hydrogen-bond donors (Lipinski definition) is 1. The topological polar surface area (TPSA) is 42.4 Å². The number of nitrogens with zero attached hydrogens (tertiary/aromatic N) is 1. The number of ether oxygens (including phenoxy) is 1. The summed E-state index contributed by atoms with van der Waals surface area (Å²) in [7, 11) is 1.52. The molecule has 0 aromatic carbocycles. The van der Waals surface area contributed by atoms with E-state index in [2.05, 4.69) is 16.8 Å². The van der Waals surface area contributed by atoms with Gasteiger partial charge in [-0.3, -0.25) is 0 Å². The predicted octanol–water partition coefficient (Wildman–Crippen LogP) is 1.48. The average Bonchev–Trinajstić information content (AvgIpc) is 2.20. The van der Waals surface area contributed by atoms with Crippen molar-refractivity contribution in [1.82, 2.24) is 4.98 Å². The van der Waals surface area contributed by atoms with Crippen molar-refractivity contribution >= 4 is 11.6 Å². The van der Waals surface area contributed by atoms with E-state index in [1.807, 2.05) is 0 Å². The second-order valence-electron chi connectivity index (χ2n) is 2.47. The smallest absolute Gasteiger partial charge is 0.214 e. The molecule has 1 aromatic heterocycles. The molecule has 0 fully saturated rings. The Bertz CT molecular complexity index is 368. The minimum atomic E-state index is 0.0498. The van der Waals surface area contributed by atoms with E-state index >= 15 is 0 Å². The molecule has 0 aliphatic carbocycles. The fraction of sp³-hybridized carbons (Fsp3) is 0.300. The maximum absolute atomic E-state index is 8.52. The van der Waals surface area contributed by atoms with Gasteiger partial charge in [0.2, 0.25) is 5.88 Å². The molecule has 1 rings (SSSR count). The lowest BCUT2D eigenvalue weighted by atomic mass is 10.3. The van der Waals surface area contributed by atoms with Crippen molar-refractivity contribution in [3.8, 4) is 17.7 Å². The van der Waals surface area contributed by atoms with Crippen LogP contribution in [0, 0.1) is 11.8 Å². The number of methoxy groups -OCH3 is 1. The molecular formula is C10H10ClNO2. The number of aliphatic hydroxyl groups is 1. The highest BCUT2D eigenvalue weighted by atomic mass is 35.5. The van der Waals surface area contributed by atoms with E-state index in [1.54, 1.807) is 12.1 Å². The first-order valence-corrected chi connectivity index (χ1v) is 4.46. The summed E-state index contributed by atoms with van der Waals surface area (Å²) in [4.78, 5) is 3.95. The van der Waals surface area contributed by atoms with Gasteiger partial charge in [0.15, 0.2) is 0 Å². The third-order valence-electron chi connectivity index (χ3n) is 1.49. The van der Waals surface area contributed by atoms with Gasteiger partial charge in [0, 0.05) is 12.5 Å². The van der Waals surface area contributed by atoms with E-state index in [4.69, 9.17) is 21.4 Å². The van der Waals surface area contributed by atoms with Crippen LogP contribution in [0.5, 0.6) is 5.88 Å². The van der Waals surface area contributed by atoms with Crippen molar-refractivity contribution in [2.45, 2.75) is 6.42 Å². The van der Waals surface area contributed by atoms with Gasteiger partial charge in [0.05, 0.1) is 19.3 Å². The predicted molar refractivity (Wildman–Crippen MR) is 54.4 cm³/mol. The largest absolute Gasteiger partial charge is 0.481 e. The Morgan fingerprint density at radius 3 is 2.93 bits per heavy atom. The van der Waals surface area contributed by atoms with Crippen LogP contribution in [0.25, 0.3) is 0 Å². The van der Waals surface area contributed by atoms with E-state index in [1.165, 1.54) is 7.11 Å². The maximum Gasteiger partial charge on any atom is 0.214 e. The molecular weight excluding hydrogens is 202 g/mol. The second-order valence-corrected chi connectivity index (χ2v) is 2.83. The van der Waals surface area contributed by atoms with Gasteiger partial charge in [-0.2, -0.15) is 0 Å². The van der Waals surface area contributed by atoms with E-state index < -0.39 is 0 Å². The third-order valence-corrected chi connectivity index (χ3v) is 1.78. The molecule has 0 aliphatic heterocycles. The average molecular weight is 212 g/mol. The lowest BCUT2D eigenvalue weighted by molar-refractivity contribution is 0.305. The maximum atomic E-state index is 8.52. The van der Waals surface area contributed by atoms with Gasteiger partial charge in [0.25, 0.3) is 0 Å². The van der Waals surface area contributed by atoms with E-state index in [0.717, 1.165) is 0 Å². The van der Waals surface area contributed by atoms with Gasteiger partial charge in [-0.1, -0.05) is 23.4 Å². The standard InChI is InChI=1S/C10H10ClNO2/c1-14-9-6-5-8(10(11)12-9)4-2-3-7-13/h5-6,13H,3,7H2,1H3. The number of pyridine rings is 1. The molecule has 14 heavy (non-hydrogen) atoms. The normalized spacial score (nSPS) is 9.07. The second kappa shape index (κ2) is 5.48. The summed E-state index contributed by atoms with van der Waals surface area (Å²) in [5, 5.41) is 8.84. The monoisotopic (exact) mass is 211 g/mol. The van der Waals surface area contributed by atoms with Crippen LogP contribution in [-0.2, 0) is 0 Å². The van der Waals surface area contributed by atoms with Crippen LogP contribution in [0.3, 0.4) is 0 Å². The highest BCUT2D eigenvalue weighted by molar-refractivity contribution is 6.30. The summed E-state index contributed by atoms with van der Waals surface area (Å²) in [5.74, 6) is 6.03. The van der Waals surface area contributed by atoms with Gasteiger partial charge in [-0.15, -0.1) is 0 Å². The summed E-state index contributed by atoms with van der Waals surface area (Å²) in [6, 6.07) is 3.42. The quantitative estimate of drug-likeness (QED) is 0.595. The van der Waals surface area contributed by atoms with Gasteiger partial charge < -0.3 is 9.84 Å². The van der Waals surface area contributed by atoms with Gasteiger partial charge >= 0.3 is 0 Å². The lowest BCUT2D eigenvalue weighted by Gasteiger charge is -1.99. The molecule has 3 nitrogen and oxygen atoms in total. The molecule has 0 saturated carbocycles. The molecule has 4 heteroatoms. The summed E-state index contributed by atoms with van der Waals surface area (Å²) < 4.78 is 4.89. The minimum absolute atomic E-state index is 0.0498. The molecule has 0 bridgehead atoms. The van der Waals surface area contributed by atoms with Gasteiger partial charge in [-0.05, 0) is 6.07 Å². The number of halogens is 1. The fourth-order valence-electron chi connectivity index (χ4n) is 0.838. The molecule has 74 valence electrons. The van der Waals surface area contributed by atoms with Crippen molar-refractivity contribution in [2.24, 2.45) is 0 Å². The Labute approximate surface area is 87.7 Å². The Kier molecular flexibility index (Phi) is 4.24. The van der Waals surface area contributed by atoms with E-state index in [9.17, 15) is 0 Å². The van der Waals surface area contributed by atoms with Crippen LogP contribution in [0.2, 0.25) is 5.15 Å². The third kappa shape index (κ3) is 2.91. The molecule has 1 aromatic rings. The Morgan fingerprint density at radius 1 is 1.57 bits per heavy atom. The first-order valence-electron chi connectivity index (χ1n) is 4.08. The van der Waals surface area contributed by atoms with Crippen LogP contribution in [0.1, 0.15) is 12.0 Å². The number of aromatic nitrogens is 1. The molecule has 0 amide bonds. The molecule has 0 unspecified atom stereocenters. The molecule has 0 saturated heterocycles. The van der Waals surface area contributed by atoms with Crippen LogP contribution in [-0.4, -0.2) is 23.8 Å². The molecule has 0 atom stereocenters. The van der Waals surface area contributed by atoms with Crippen LogP contribution in [0.15, 0.2) is 12.1 Å². The Morgan fingerprint density at radius 2 is 2.36 bits per heavy atom. The van der Waals surface area contributed by atoms with Crippen molar-refractivity contribution in [3.05, 3.63) is 22.8 Å². The molecule has 0 spiro atoms. The number of hydrogen-bond acceptors (Lipinski definition) is 3. The molecule has 0 radical (unpaired) electrons. The van der Waals surface area contributed by atoms with Crippen molar-refractivity contribution in [3.63, 3.8) is 0 Å². The minimum Gasteiger partial charge on any atom is -0.481 e. The van der Waals surface area contributed by atoms with Crippen molar-refractivity contribution < 1.29 is 9.84 Å². The summed E-state index contributed by atoms with van der Waals surface area (Å²) >= 11 is 5.83. The first-order chi connectivity index (χ1) is 6.77. The zero-order valence-corrected chi connectivity index (χ0v) is 8.51. The lowest BCUT2D eigenvalue weighted by Crippen LogP contribution is -1.89. The zero-order chi connectivity index (χ0) is 10.4. The number of rotatable bonds is 2. The highest BCUT2D eigenvalue weighted by Crippen LogP contribution is 2.16. The van der Waals surface area contributed by atoms with Crippen molar-refractivity contribution in [1.29, 1.82) is 0 Å². The molecule has 1 heterocycles. The van der Waals surface area contributed by atoms with Crippen molar-refractivity contribution in [2.75, 3.05) is 13.7 Å². The Balaban J connectivity index is 2.85. The van der Waals surface area contributed by atoms with Gasteiger partial charge in [0.1, 0.15) is 5.15 Å². The number of aliphatic hydroxyl groups excluding tert-OH is 1. The first kappa shape index (κ1) is 10.8. The highest BCUT2D eigenvalue weighted by Gasteiger charge is 2.00. The molecule has 1 N–H and O–H groups in total. The van der Waals surface area contributed by atoms with E-state index in [0.29, 0.717) is 23.0 Å². The van der Waals surface area contributed by atoms with Crippen LogP contribution in [0.4, 0.5) is 0 Å². The van der Waals surface area contributed by atoms with E-state index in [-0.39, 0.29) is 6.61 Å². The zero-order valence-electron chi connectivity index (χ0n) is 7.75. The fourth-order valence-corrected chi connectivity index (χ4v) is 1.03.